The van der Waals surface area contributed by atoms with E-state index in [1.165, 1.54) is 23.9 Å². The van der Waals surface area contributed by atoms with Crippen LogP contribution in [0.15, 0.2) is 66.7 Å². The molecule has 3 aliphatic rings. The zero-order chi connectivity index (χ0) is 35.9. The molecule has 1 unspecified atom stereocenters. The number of hydrogen-bond acceptors (Lipinski definition) is 8. The number of aliphatic carboxylic acids is 1. The van der Waals surface area contributed by atoms with Gasteiger partial charge in [-0.15, -0.1) is 11.8 Å². The zero-order valence-corrected chi connectivity index (χ0v) is 28.9. The number of rotatable bonds is 15. The summed E-state index contributed by atoms with van der Waals surface area (Å²) < 4.78 is 25.0. The Kier molecular flexibility index (Phi) is 11.8. The lowest BCUT2D eigenvalue weighted by molar-refractivity contribution is -0.142. The molecule has 11 nitrogen and oxygen atoms in total. The molecule has 4 N–H and O–H groups in total. The average molecular weight is 720 g/mol. The highest BCUT2D eigenvalue weighted by molar-refractivity contribution is 8.00. The van der Waals surface area contributed by atoms with Crippen molar-refractivity contribution in [2.24, 2.45) is 5.92 Å². The fourth-order valence-electron chi connectivity index (χ4n) is 6.88. The van der Waals surface area contributed by atoms with E-state index in [9.17, 15) is 33.8 Å². The molecule has 2 aliphatic heterocycles. The van der Waals surface area contributed by atoms with E-state index < -0.39 is 47.0 Å². The minimum atomic E-state index is -1.09. The molecule has 2 fully saturated rings. The highest BCUT2D eigenvalue weighted by Crippen LogP contribution is 2.46. The van der Waals surface area contributed by atoms with E-state index in [1.807, 2.05) is 18.2 Å². The summed E-state index contributed by atoms with van der Waals surface area (Å²) in [6.07, 6.45) is 5.58. The lowest BCUT2D eigenvalue weighted by Crippen LogP contribution is -2.57. The minimum Gasteiger partial charge on any atom is -0.493 e. The zero-order valence-electron chi connectivity index (χ0n) is 28.1. The van der Waals surface area contributed by atoms with E-state index in [2.05, 4.69) is 10.6 Å². The van der Waals surface area contributed by atoms with Crippen molar-refractivity contribution >= 4 is 41.1 Å². The lowest BCUT2D eigenvalue weighted by atomic mass is 9.85. The number of amides is 3. The third kappa shape index (κ3) is 9.01. The van der Waals surface area contributed by atoms with Crippen LogP contribution < -0.4 is 25.0 Å². The van der Waals surface area contributed by atoms with Crippen molar-refractivity contribution in [3.8, 4) is 11.5 Å². The summed E-state index contributed by atoms with van der Waals surface area (Å²) in [5.41, 5.74) is 3.15. The number of benzene rings is 3. The quantitative estimate of drug-likeness (QED) is 0.164. The van der Waals surface area contributed by atoms with Crippen LogP contribution in [0.2, 0.25) is 0 Å². The third-order valence-electron chi connectivity index (χ3n) is 9.65. The molecule has 3 aromatic carbocycles. The van der Waals surface area contributed by atoms with Crippen molar-refractivity contribution in [3.63, 3.8) is 0 Å². The van der Waals surface area contributed by atoms with E-state index >= 15 is 0 Å². The number of hydrogen-bond donors (Lipinski definition) is 4. The number of halogens is 1. The smallest absolute Gasteiger partial charge is 0.326 e. The number of carboxylic acid groups (broad SMARTS) is 1. The van der Waals surface area contributed by atoms with Crippen molar-refractivity contribution in [1.82, 2.24) is 10.6 Å². The van der Waals surface area contributed by atoms with Gasteiger partial charge in [-0.2, -0.15) is 0 Å². The Morgan fingerprint density at radius 3 is 2.47 bits per heavy atom. The Labute approximate surface area is 299 Å². The number of aliphatic hydroxyl groups excluding tert-OH is 1. The van der Waals surface area contributed by atoms with Gasteiger partial charge in [-0.1, -0.05) is 56.4 Å². The molecule has 13 heteroatoms. The van der Waals surface area contributed by atoms with Crippen LogP contribution in [0.3, 0.4) is 0 Å². The van der Waals surface area contributed by atoms with Gasteiger partial charge in [0.15, 0.2) is 6.61 Å². The second kappa shape index (κ2) is 16.6. The highest BCUT2D eigenvalue weighted by atomic mass is 32.2. The van der Waals surface area contributed by atoms with Gasteiger partial charge < -0.3 is 35.2 Å². The Morgan fingerprint density at radius 1 is 1.00 bits per heavy atom. The van der Waals surface area contributed by atoms with Crippen LogP contribution in [0.4, 0.5) is 10.1 Å². The van der Waals surface area contributed by atoms with Crippen LogP contribution in [0, 0.1) is 11.7 Å². The van der Waals surface area contributed by atoms with Gasteiger partial charge in [0.25, 0.3) is 5.91 Å². The Balaban J connectivity index is 1.03. The van der Waals surface area contributed by atoms with Crippen LogP contribution in [0.5, 0.6) is 11.5 Å². The number of nitrogens with one attached hydrogen (secondary N) is 2. The normalized spacial score (nSPS) is 19.6. The number of carbonyl (C=O) groups excluding carboxylic acids is 3. The number of anilines is 1. The maximum absolute atomic E-state index is 13.7. The van der Waals surface area contributed by atoms with Crippen LogP contribution >= 0.6 is 11.8 Å². The van der Waals surface area contributed by atoms with Crippen LogP contribution in [-0.2, 0) is 25.6 Å². The van der Waals surface area contributed by atoms with Crippen LogP contribution in [0.1, 0.15) is 67.4 Å². The number of fused-ring (bicyclic) bond motifs is 1. The third-order valence-corrected chi connectivity index (χ3v) is 11.0. The Bertz CT molecular complexity index is 1720. The second-order valence-electron chi connectivity index (χ2n) is 13.2. The van der Waals surface area contributed by atoms with Gasteiger partial charge in [0.1, 0.15) is 28.6 Å². The molecule has 3 aromatic rings. The molecular weight excluding hydrogens is 677 g/mol. The largest absolute Gasteiger partial charge is 0.493 e. The Hall–Kier alpha value is -4.62. The van der Waals surface area contributed by atoms with Gasteiger partial charge in [-0.25, -0.2) is 9.18 Å². The molecule has 0 radical (unpaired) electrons. The Morgan fingerprint density at radius 2 is 1.75 bits per heavy atom. The molecular formula is C38H42FN3O8S. The lowest BCUT2D eigenvalue weighted by Gasteiger charge is -2.47. The summed E-state index contributed by atoms with van der Waals surface area (Å²) >= 11 is 1.35. The number of aliphatic hydroxyl groups is 1. The number of ether oxygens (including phenoxy) is 2. The summed E-state index contributed by atoms with van der Waals surface area (Å²) in [5.74, 6) is -1.11. The van der Waals surface area contributed by atoms with Gasteiger partial charge in [-0.3, -0.25) is 14.4 Å². The van der Waals surface area contributed by atoms with Gasteiger partial charge in [0.05, 0.1) is 25.3 Å². The average Bonchev–Trinajstić information content (AvgIpc) is 3.61. The highest BCUT2D eigenvalue weighted by Gasteiger charge is 2.49. The standard InChI is InChI=1S/C38H42FN3O8S/c39-27-10-12-28(13-11-27)42-35(36(37(42)46)51-22-31(43)26-7-6-24-16-17-49-32(24)19-26)25-8-14-29(15-9-25)50-21-34(45)40-20-33(44)41-30(38(47)48)18-23-4-2-1-3-5-23/h6-15,19,23,30-31,35-36,43H,1-5,16-18,20-22H2,(H,40,45)(H,41,44)(H,47,48)/t30-,31?,35-,36-/m1/s1. The fourth-order valence-corrected chi connectivity index (χ4v) is 8.18. The van der Waals surface area contributed by atoms with Gasteiger partial charge >= 0.3 is 5.97 Å². The van der Waals surface area contributed by atoms with E-state index in [4.69, 9.17) is 9.47 Å². The van der Waals surface area contributed by atoms with Gasteiger partial charge in [0, 0.05) is 17.9 Å². The molecule has 0 aromatic heterocycles. The van der Waals surface area contributed by atoms with E-state index in [1.54, 1.807) is 41.3 Å². The monoisotopic (exact) mass is 719 g/mol. The minimum absolute atomic E-state index is 0.161. The summed E-state index contributed by atoms with van der Waals surface area (Å²) in [6, 6.07) is 16.9. The number of β-lactam (4-membered cyclic amide) rings is 1. The molecule has 2 heterocycles. The predicted octanol–water partition coefficient (Wildman–Crippen LogP) is 4.72. The second-order valence-corrected chi connectivity index (χ2v) is 14.4. The summed E-state index contributed by atoms with van der Waals surface area (Å²) in [6.45, 7) is -0.128. The van der Waals surface area contributed by atoms with Crippen molar-refractivity contribution in [2.45, 2.75) is 68.4 Å². The molecule has 0 bridgehead atoms. The number of thioether (sulfide) groups is 1. The molecule has 270 valence electrons. The van der Waals surface area contributed by atoms with Gasteiger partial charge in [0.2, 0.25) is 11.8 Å². The van der Waals surface area contributed by atoms with Crippen molar-refractivity contribution in [2.75, 3.05) is 30.4 Å². The van der Waals surface area contributed by atoms with E-state index in [0.29, 0.717) is 30.0 Å². The number of nitrogens with zero attached hydrogens (tertiary/aromatic N) is 1. The van der Waals surface area contributed by atoms with Crippen molar-refractivity contribution in [1.29, 1.82) is 0 Å². The molecule has 6 rings (SSSR count). The summed E-state index contributed by atoms with van der Waals surface area (Å²) in [7, 11) is 0. The fraction of sp³-hybridized carbons (Fsp3) is 0.421. The topological polar surface area (TPSA) is 154 Å². The predicted molar refractivity (Wildman–Crippen MR) is 189 cm³/mol. The molecule has 51 heavy (non-hydrogen) atoms. The first-order valence-corrected chi connectivity index (χ1v) is 18.4. The molecule has 1 saturated carbocycles. The molecule has 1 saturated heterocycles. The van der Waals surface area contributed by atoms with Gasteiger partial charge in [-0.05, 0) is 71.5 Å². The molecule has 3 amide bonds. The maximum Gasteiger partial charge on any atom is 0.326 e. The van der Waals surface area contributed by atoms with Crippen LogP contribution in [0.25, 0.3) is 0 Å². The first kappa shape index (κ1) is 36.2. The number of carbonyl (C=O) groups is 4. The molecule has 1 aliphatic carbocycles. The summed E-state index contributed by atoms with van der Waals surface area (Å²) in [4.78, 5) is 51.6. The van der Waals surface area contributed by atoms with E-state index in [-0.39, 0.29) is 30.7 Å². The van der Waals surface area contributed by atoms with E-state index in [0.717, 1.165) is 55.4 Å². The first-order chi connectivity index (χ1) is 24.7. The molecule has 0 spiro atoms. The maximum atomic E-state index is 13.7. The van der Waals surface area contributed by atoms with Crippen LogP contribution in [-0.4, -0.2) is 70.7 Å². The van der Waals surface area contributed by atoms with Crippen molar-refractivity contribution in [3.05, 3.63) is 89.2 Å². The SMILES string of the molecule is O=C(COc1ccc([C@@H]2[C@@H](SCC(O)c3ccc4c(c3)OCC4)C(=O)N2c2ccc(F)cc2)cc1)NCC(=O)N[C@H](CC1CCCCC1)C(=O)O. The van der Waals surface area contributed by atoms with Crippen molar-refractivity contribution < 1.29 is 43.3 Å². The first-order valence-electron chi connectivity index (χ1n) is 17.3. The molecule has 4 atom stereocenters. The summed E-state index contributed by atoms with van der Waals surface area (Å²) in [5, 5.41) is 25.0. The number of carboxylic acids is 1.